The van der Waals surface area contributed by atoms with Gasteiger partial charge in [0.05, 0.1) is 12.7 Å². The van der Waals surface area contributed by atoms with Crippen LogP contribution >= 0.6 is 0 Å². The molecule has 1 aromatic carbocycles. The van der Waals surface area contributed by atoms with Gasteiger partial charge in [-0.1, -0.05) is 18.6 Å². The number of nitrogens with zero attached hydrogens (tertiary/aromatic N) is 1. The van der Waals surface area contributed by atoms with E-state index in [1.807, 2.05) is 12.1 Å². The predicted octanol–water partition coefficient (Wildman–Crippen LogP) is 2.82. The van der Waals surface area contributed by atoms with Gasteiger partial charge in [0.2, 0.25) is 0 Å². The molecule has 1 heterocycles. The minimum Gasteiger partial charge on any atom is -0.465 e. The summed E-state index contributed by atoms with van der Waals surface area (Å²) in [5.74, 6) is 0.518. The largest absolute Gasteiger partial charge is 0.465 e. The molecule has 21 heavy (non-hydrogen) atoms. The number of carbonyl (C=O) groups excluding carboxylic acids is 1. The summed E-state index contributed by atoms with van der Waals surface area (Å²) in [6, 6.07) is 6.38. The van der Waals surface area contributed by atoms with E-state index >= 15 is 0 Å². The van der Waals surface area contributed by atoms with Crippen LogP contribution in [0.25, 0.3) is 0 Å². The van der Waals surface area contributed by atoms with Crippen LogP contribution in [-0.2, 0) is 11.3 Å². The molecular formula is C17H24N2O2. The molecule has 0 radical (unpaired) electrons. The molecule has 2 unspecified atom stereocenters. The number of nitrogen functional groups attached to an aromatic ring is 1. The van der Waals surface area contributed by atoms with Crippen molar-refractivity contribution in [3.8, 4) is 0 Å². The number of fused-ring (bicyclic) bond motifs is 1. The Morgan fingerprint density at radius 3 is 2.95 bits per heavy atom. The first-order valence-corrected chi connectivity index (χ1v) is 7.90. The molecule has 1 aromatic rings. The Morgan fingerprint density at radius 1 is 1.33 bits per heavy atom. The molecule has 0 spiro atoms. The summed E-state index contributed by atoms with van der Waals surface area (Å²) in [7, 11) is 1.41. The normalized spacial score (nSPS) is 25.6. The highest BCUT2D eigenvalue weighted by Crippen LogP contribution is 2.37. The zero-order valence-electron chi connectivity index (χ0n) is 12.7. The van der Waals surface area contributed by atoms with E-state index in [0.717, 1.165) is 24.6 Å². The van der Waals surface area contributed by atoms with Crippen molar-refractivity contribution in [2.75, 3.05) is 19.4 Å². The fourth-order valence-corrected chi connectivity index (χ4v) is 4.07. The van der Waals surface area contributed by atoms with Crippen molar-refractivity contribution < 1.29 is 9.53 Å². The summed E-state index contributed by atoms with van der Waals surface area (Å²) in [6.07, 6.45) is 6.62. The van der Waals surface area contributed by atoms with Gasteiger partial charge in [-0.05, 0) is 49.8 Å². The van der Waals surface area contributed by atoms with Crippen molar-refractivity contribution in [2.24, 2.45) is 5.92 Å². The molecule has 0 bridgehead atoms. The fourth-order valence-electron chi connectivity index (χ4n) is 4.07. The summed E-state index contributed by atoms with van der Waals surface area (Å²) in [6.45, 7) is 1.92. The summed E-state index contributed by atoms with van der Waals surface area (Å²) in [5.41, 5.74) is 8.04. The van der Waals surface area contributed by atoms with Crippen molar-refractivity contribution in [2.45, 2.75) is 44.7 Å². The van der Waals surface area contributed by atoms with Gasteiger partial charge in [0, 0.05) is 18.3 Å². The monoisotopic (exact) mass is 288 g/mol. The smallest absolute Gasteiger partial charge is 0.340 e. The highest BCUT2D eigenvalue weighted by atomic mass is 16.5. The van der Waals surface area contributed by atoms with E-state index < -0.39 is 0 Å². The van der Waals surface area contributed by atoms with Gasteiger partial charge in [0.1, 0.15) is 0 Å². The van der Waals surface area contributed by atoms with Gasteiger partial charge in [-0.2, -0.15) is 0 Å². The number of methoxy groups -OCH3 is 1. The molecule has 1 saturated heterocycles. The van der Waals surface area contributed by atoms with E-state index in [2.05, 4.69) is 4.90 Å². The molecule has 1 aliphatic heterocycles. The fraction of sp³-hybridized carbons (Fsp3) is 0.588. The maximum atomic E-state index is 12.0. The zero-order chi connectivity index (χ0) is 14.8. The number of ether oxygens (including phenoxy) is 1. The quantitative estimate of drug-likeness (QED) is 0.686. The van der Waals surface area contributed by atoms with E-state index in [0.29, 0.717) is 17.3 Å². The van der Waals surface area contributed by atoms with Gasteiger partial charge < -0.3 is 10.5 Å². The Balaban J connectivity index is 1.84. The van der Waals surface area contributed by atoms with Gasteiger partial charge in [0.25, 0.3) is 0 Å². The number of hydrogen-bond acceptors (Lipinski definition) is 4. The molecule has 4 nitrogen and oxygen atoms in total. The topological polar surface area (TPSA) is 55.6 Å². The summed E-state index contributed by atoms with van der Waals surface area (Å²) < 4.78 is 4.90. The molecule has 2 aliphatic rings. The van der Waals surface area contributed by atoms with E-state index in [-0.39, 0.29) is 5.97 Å². The summed E-state index contributed by atoms with van der Waals surface area (Å²) in [4.78, 5) is 14.5. The highest BCUT2D eigenvalue weighted by molar-refractivity contribution is 5.96. The SMILES string of the molecule is COC(=O)c1c(N)cccc1CN1CCCC2CCCC21. The first kappa shape index (κ1) is 14.4. The van der Waals surface area contributed by atoms with Crippen LogP contribution in [0.3, 0.4) is 0 Å². The van der Waals surface area contributed by atoms with Crippen LogP contribution in [0.2, 0.25) is 0 Å². The minimum absolute atomic E-state index is 0.330. The number of rotatable bonds is 3. The standard InChI is InChI=1S/C17H24N2O2/c1-21-17(20)16-13(6-2-8-14(16)18)11-19-10-4-7-12-5-3-9-15(12)19/h2,6,8,12,15H,3-5,7,9-11,18H2,1H3. The second-order valence-corrected chi connectivity index (χ2v) is 6.24. The van der Waals surface area contributed by atoms with Crippen molar-refractivity contribution in [1.82, 2.24) is 4.90 Å². The number of nitrogens with two attached hydrogens (primary N) is 1. The van der Waals surface area contributed by atoms with Crippen LogP contribution in [0, 0.1) is 5.92 Å². The van der Waals surface area contributed by atoms with Gasteiger partial charge in [-0.3, -0.25) is 4.90 Å². The molecule has 2 N–H and O–H groups in total. The van der Waals surface area contributed by atoms with Crippen molar-refractivity contribution in [3.63, 3.8) is 0 Å². The number of esters is 1. The molecule has 0 aromatic heterocycles. The third-order valence-corrected chi connectivity index (χ3v) is 5.05. The average molecular weight is 288 g/mol. The van der Waals surface area contributed by atoms with Crippen molar-refractivity contribution >= 4 is 11.7 Å². The second-order valence-electron chi connectivity index (χ2n) is 6.24. The molecule has 2 fully saturated rings. The lowest BCUT2D eigenvalue weighted by atomic mass is 9.91. The molecule has 1 saturated carbocycles. The predicted molar refractivity (Wildman–Crippen MR) is 83.0 cm³/mol. The van der Waals surface area contributed by atoms with Crippen LogP contribution in [-0.4, -0.2) is 30.6 Å². The second kappa shape index (κ2) is 6.06. The number of benzene rings is 1. The molecule has 3 rings (SSSR count). The van der Waals surface area contributed by atoms with E-state index in [1.54, 1.807) is 6.07 Å². The lowest BCUT2D eigenvalue weighted by molar-refractivity contribution is 0.0595. The van der Waals surface area contributed by atoms with Gasteiger partial charge in [-0.15, -0.1) is 0 Å². The molecular weight excluding hydrogens is 264 g/mol. The van der Waals surface area contributed by atoms with Crippen LogP contribution < -0.4 is 5.73 Å². The Bertz CT molecular complexity index is 530. The van der Waals surface area contributed by atoms with E-state index in [1.165, 1.54) is 39.2 Å². The molecule has 1 aliphatic carbocycles. The Kier molecular flexibility index (Phi) is 4.15. The Morgan fingerprint density at radius 2 is 2.14 bits per heavy atom. The van der Waals surface area contributed by atoms with Crippen LogP contribution in [0.15, 0.2) is 18.2 Å². The third-order valence-electron chi connectivity index (χ3n) is 5.05. The zero-order valence-corrected chi connectivity index (χ0v) is 12.7. The molecule has 4 heteroatoms. The Labute approximate surface area is 126 Å². The lowest BCUT2D eigenvalue weighted by Crippen LogP contribution is -2.42. The van der Waals surface area contributed by atoms with Crippen LogP contribution in [0.1, 0.15) is 48.0 Å². The number of anilines is 1. The van der Waals surface area contributed by atoms with E-state index in [4.69, 9.17) is 10.5 Å². The number of carbonyl (C=O) groups is 1. The lowest BCUT2D eigenvalue weighted by Gasteiger charge is -2.38. The Hall–Kier alpha value is -1.55. The number of piperidine rings is 1. The maximum absolute atomic E-state index is 12.0. The van der Waals surface area contributed by atoms with Gasteiger partial charge >= 0.3 is 5.97 Å². The van der Waals surface area contributed by atoms with E-state index in [9.17, 15) is 4.79 Å². The summed E-state index contributed by atoms with van der Waals surface area (Å²) >= 11 is 0. The third kappa shape index (κ3) is 2.77. The van der Waals surface area contributed by atoms with Crippen molar-refractivity contribution in [1.29, 1.82) is 0 Å². The highest BCUT2D eigenvalue weighted by Gasteiger charge is 2.35. The summed E-state index contributed by atoms with van der Waals surface area (Å²) in [5, 5.41) is 0. The van der Waals surface area contributed by atoms with Crippen molar-refractivity contribution in [3.05, 3.63) is 29.3 Å². The van der Waals surface area contributed by atoms with Crippen LogP contribution in [0.4, 0.5) is 5.69 Å². The minimum atomic E-state index is -0.330. The average Bonchev–Trinajstić information content (AvgIpc) is 2.96. The number of hydrogen-bond donors (Lipinski definition) is 1. The van der Waals surface area contributed by atoms with Gasteiger partial charge in [0.15, 0.2) is 0 Å². The molecule has 0 amide bonds. The van der Waals surface area contributed by atoms with Gasteiger partial charge in [-0.25, -0.2) is 4.79 Å². The number of likely N-dealkylation sites (tertiary alicyclic amines) is 1. The molecule has 2 atom stereocenters. The van der Waals surface area contributed by atoms with Crippen LogP contribution in [0.5, 0.6) is 0 Å². The first-order chi connectivity index (χ1) is 10.2. The molecule has 114 valence electrons. The maximum Gasteiger partial charge on any atom is 0.340 e. The first-order valence-electron chi connectivity index (χ1n) is 7.90.